The molecule has 1 spiro atoms. The van der Waals surface area contributed by atoms with Crippen LogP contribution >= 0.6 is 0 Å². The van der Waals surface area contributed by atoms with E-state index in [1.54, 1.807) is 0 Å². The van der Waals surface area contributed by atoms with Crippen molar-refractivity contribution in [1.29, 1.82) is 0 Å². The number of para-hydroxylation sites is 1. The number of benzene rings is 2. The number of hydrogen-bond acceptors (Lipinski definition) is 3. The van der Waals surface area contributed by atoms with E-state index in [1.165, 1.54) is 6.42 Å². The number of hydrogen-bond donors (Lipinski definition) is 1. The van der Waals surface area contributed by atoms with Crippen LogP contribution in [0.4, 0.5) is 0 Å². The lowest BCUT2D eigenvalue weighted by Crippen LogP contribution is -2.40. The Morgan fingerprint density at radius 2 is 1.70 bits per heavy atom. The highest BCUT2D eigenvalue weighted by atomic mass is 16.7. The molecule has 3 nitrogen and oxygen atoms in total. The minimum Gasteiger partial charge on any atom is -0.448 e. The summed E-state index contributed by atoms with van der Waals surface area (Å²) in [5, 5.41) is 10.5. The second-order valence-electron chi connectivity index (χ2n) is 6.55. The highest BCUT2D eigenvalue weighted by Gasteiger charge is 2.43. The van der Waals surface area contributed by atoms with E-state index in [0.29, 0.717) is 6.42 Å². The maximum absolute atomic E-state index is 10.5. The predicted molar refractivity (Wildman–Crippen MR) is 88.6 cm³/mol. The van der Waals surface area contributed by atoms with Gasteiger partial charge in [0.1, 0.15) is 0 Å². The number of ether oxygens (including phenoxy) is 2. The van der Waals surface area contributed by atoms with Gasteiger partial charge in [-0.15, -0.1) is 0 Å². The van der Waals surface area contributed by atoms with Crippen molar-refractivity contribution in [2.24, 2.45) is 0 Å². The van der Waals surface area contributed by atoms with Crippen molar-refractivity contribution in [3.63, 3.8) is 0 Å². The van der Waals surface area contributed by atoms with Crippen LogP contribution in [0, 0.1) is 0 Å². The third-order valence-electron chi connectivity index (χ3n) is 4.86. The summed E-state index contributed by atoms with van der Waals surface area (Å²) in [5.41, 5.74) is 1.94. The maximum Gasteiger partial charge on any atom is 0.251 e. The zero-order valence-corrected chi connectivity index (χ0v) is 13.2. The molecule has 0 radical (unpaired) electrons. The quantitative estimate of drug-likeness (QED) is 0.913. The van der Waals surface area contributed by atoms with Crippen LogP contribution < -0.4 is 9.47 Å². The molecule has 0 amide bonds. The van der Waals surface area contributed by atoms with Gasteiger partial charge in [-0.1, -0.05) is 48.9 Å². The van der Waals surface area contributed by atoms with Gasteiger partial charge in [-0.3, -0.25) is 0 Å². The summed E-state index contributed by atoms with van der Waals surface area (Å²) in [5.74, 6) is 1.18. The lowest BCUT2D eigenvalue weighted by atomic mass is 9.94. The normalized spacial score (nSPS) is 19.7. The first-order valence-corrected chi connectivity index (χ1v) is 8.49. The summed E-state index contributed by atoms with van der Waals surface area (Å²) in [7, 11) is 0. The van der Waals surface area contributed by atoms with Crippen molar-refractivity contribution < 1.29 is 14.6 Å². The zero-order chi connectivity index (χ0) is 15.7. The van der Waals surface area contributed by atoms with Gasteiger partial charge in [-0.05, 0) is 24.5 Å². The Morgan fingerprint density at radius 1 is 0.913 bits per heavy atom. The SMILES string of the molecule is O[C@H](Cc1cccc2c1OC1(CCCCC1)O2)c1ccccc1. The van der Waals surface area contributed by atoms with Crippen LogP contribution in [-0.2, 0) is 6.42 Å². The molecule has 120 valence electrons. The molecule has 1 atom stereocenters. The highest BCUT2D eigenvalue weighted by molar-refractivity contribution is 5.50. The molecule has 2 aliphatic rings. The maximum atomic E-state index is 10.5. The molecule has 2 aromatic carbocycles. The minimum absolute atomic E-state index is 0.464. The summed E-state index contributed by atoms with van der Waals surface area (Å²) in [4.78, 5) is 0. The molecule has 0 unspecified atom stereocenters. The summed E-state index contributed by atoms with van der Waals surface area (Å²) < 4.78 is 12.4. The average Bonchev–Trinajstić information content (AvgIpc) is 2.95. The van der Waals surface area contributed by atoms with Crippen molar-refractivity contribution in [2.75, 3.05) is 0 Å². The summed E-state index contributed by atoms with van der Waals surface area (Å²) >= 11 is 0. The first-order chi connectivity index (χ1) is 11.3. The topological polar surface area (TPSA) is 38.7 Å². The van der Waals surface area contributed by atoms with E-state index in [4.69, 9.17) is 9.47 Å². The van der Waals surface area contributed by atoms with Crippen molar-refractivity contribution >= 4 is 0 Å². The van der Waals surface area contributed by atoms with E-state index in [1.807, 2.05) is 48.5 Å². The molecular weight excluding hydrogens is 288 g/mol. The Hall–Kier alpha value is -2.00. The van der Waals surface area contributed by atoms with Gasteiger partial charge < -0.3 is 14.6 Å². The first-order valence-electron chi connectivity index (χ1n) is 8.49. The molecule has 0 aromatic heterocycles. The molecule has 23 heavy (non-hydrogen) atoms. The van der Waals surface area contributed by atoms with E-state index in [9.17, 15) is 5.11 Å². The molecule has 0 bridgehead atoms. The van der Waals surface area contributed by atoms with E-state index < -0.39 is 11.9 Å². The Bertz CT molecular complexity index is 675. The van der Waals surface area contributed by atoms with E-state index in [2.05, 4.69) is 0 Å². The molecule has 1 saturated carbocycles. The third kappa shape index (κ3) is 2.81. The fourth-order valence-electron chi connectivity index (χ4n) is 3.62. The van der Waals surface area contributed by atoms with Crippen molar-refractivity contribution in [3.8, 4) is 11.5 Å². The van der Waals surface area contributed by atoms with Gasteiger partial charge in [-0.2, -0.15) is 0 Å². The van der Waals surface area contributed by atoms with Crippen molar-refractivity contribution in [3.05, 3.63) is 59.7 Å². The van der Waals surface area contributed by atoms with Crippen LogP contribution in [0.1, 0.15) is 49.3 Å². The molecule has 1 N–H and O–H groups in total. The lowest BCUT2D eigenvalue weighted by Gasteiger charge is -2.31. The smallest absolute Gasteiger partial charge is 0.251 e. The second-order valence-corrected chi connectivity index (χ2v) is 6.55. The van der Waals surface area contributed by atoms with E-state index >= 15 is 0 Å². The number of aliphatic hydroxyl groups is 1. The molecule has 4 rings (SSSR count). The monoisotopic (exact) mass is 310 g/mol. The molecule has 1 aliphatic heterocycles. The summed E-state index contributed by atoms with van der Waals surface area (Å²) in [6, 6.07) is 15.7. The van der Waals surface area contributed by atoms with Gasteiger partial charge in [0.05, 0.1) is 6.10 Å². The van der Waals surface area contributed by atoms with Crippen LogP contribution in [0.15, 0.2) is 48.5 Å². The van der Waals surface area contributed by atoms with Gasteiger partial charge >= 0.3 is 0 Å². The molecular formula is C20H22O3. The fraction of sp³-hybridized carbons (Fsp3) is 0.400. The standard InChI is InChI=1S/C20H22O3/c21-17(15-8-3-1-4-9-15)14-16-10-7-11-18-19(16)23-20(22-18)12-5-2-6-13-20/h1,3-4,7-11,17,21H,2,5-6,12-14H2/t17-/m1/s1. The first kappa shape index (κ1) is 14.6. The predicted octanol–water partition coefficient (Wildman–Crippen LogP) is 4.39. The van der Waals surface area contributed by atoms with Gasteiger partial charge in [-0.25, -0.2) is 0 Å². The second kappa shape index (κ2) is 5.89. The lowest BCUT2D eigenvalue weighted by molar-refractivity contribution is -0.105. The van der Waals surface area contributed by atoms with Crippen LogP contribution in [0.25, 0.3) is 0 Å². The van der Waals surface area contributed by atoms with Gasteiger partial charge in [0.25, 0.3) is 5.79 Å². The third-order valence-corrected chi connectivity index (χ3v) is 4.86. The van der Waals surface area contributed by atoms with E-state index in [0.717, 1.165) is 48.3 Å². The average molecular weight is 310 g/mol. The Balaban J connectivity index is 1.57. The van der Waals surface area contributed by atoms with Crippen LogP contribution in [0.5, 0.6) is 11.5 Å². The van der Waals surface area contributed by atoms with Crippen LogP contribution in [0.2, 0.25) is 0 Å². The minimum atomic E-state index is -0.533. The zero-order valence-electron chi connectivity index (χ0n) is 13.2. The largest absolute Gasteiger partial charge is 0.448 e. The molecule has 1 heterocycles. The highest BCUT2D eigenvalue weighted by Crippen LogP contribution is 2.47. The van der Waals surface area contributed by atoms with Crippen molar-refractivity contribution in [1.82, 2.24) is 0 Å². The molecule has 1 aliphatic carbocycles. The number of fused-ring (bicyclic) bond motifs is 1. The van der Waals surface area contributed by atoms with Gasteiger partial charge in [0.2, 0.25) is 0 Å². The van der Waals surface area contributed by atoms with Gasteiger partial charge in [0.15, 0.2) is 11.5 Å². The molecule has 3 heteroatoms. The van der Waals surface area contributed by atoms with Crippen LogP contribution in [0.3, 0.4) is 0 Å². The fourth-order valence-corrected chi connectivity index (χ4v) is 3.62. The molecule has 1 fully saturated rings. The summed E-state index contributed by atoms with van der Waals surface area (Å²) in [6.45, 7) is 0. The van der Waals surface area contributed by atoms with E-state index in [-0.39, 0.29) is 0 Å². The van der Waals surface area contributed by atoms with Crippen molar-refractivity contribution in [2.45, 2.75) is 50.4 Å². The Kier molecular flexibility index (Phi) is 3.74. The van der Waals surface area contributed by atoms with Gasteiger partial charge in [0, 0.05) is 24.8 Å². The Morgan fingerprint density at radius 3 is 2.48 bits per heavy atom. The Labute approximate surface area is 136 Å². The molecule has 2 aromatic rings. The van der Waals surface area contributed by atoms with Crippen LogP contribution in [-0.4, -0.2) is 10.9 Å². The molecule has 0 saturated heterocycles. The summed E-state index contributed by atoms with van der Waals surface area (Å²) in [6.07, 6.45) is 5.45. The number of rotatable bonds is 3. The number of aliphatic hydroxyl groups excluding tert-OH is 1.